The fraction of sp³-hybridized carbons (Fsp3) is 0.355. The molecule has 9 heteroatoms. The summed E-state index contributed by atoms with van der Waals surface area (Å²) in [5.74, 6) is -0.439. The summed E-state index contributed by atoms with van der Waals surface area (Å²) >= 11 is 6.09. The lowest BCUT2D eigenvalue weighted by Crippen LogP contribution is -2.50. The number of halogens is 1. The summed E-state index contributed by atoms with van der Waals surface area (Å²) < 4.78 is 26.5. The van der Waals surface area contributed by atoms with E-state index in [1.165, 1.54) is 4.31 Å². The Bertz CT molecular complexity index is 1360. The van der Waals surface area contributed by atoms with Crippen molar-refractivity contribution < 1.29 is 18.0 Å². The van der Waals surface area contributed by atoms with Gasteiger partial charge in [0.25, 0.3) is 0 Å². The molecule has 0 saturated heterocycles. The number of hydrogen-bond acceptors (Lipinski definition) is 4. The highest BCUT2D eigenvalue weighted by molar-refractivity contribution is 7.92. The second-order valence-electron chi connectivity index (χ2n) is 9.92. The van der Waals surface area contributed by atoms with Crippen molar-refractivity contribution >= 4 is 39.1 Å². The van der Waals surface area contributed by atoms with Crippen molar-refractivity contribution in [1.29, 1.82) is 0 Å². The molecule has 1 N–H and O–H groups in total. The van der Waals surface area contributed by atoms with E-state index in [0.29, 0.717) is 30.1 Å². The third-order valence-electron chi connectivity index (χ3n) is 6.53. The maximum atomic E-state index is 13.8. The lowest BCUT2D eigenvalue weighted by atomic mass is 10.0. The zero-order chi connectivity index (χ0) is 29.1. The van der Waals surface area contributed by atoms with Crippen molar-refractivity contribution in [2.24, 2.45) is 0 Å². The molecule has 214 valence electrons. The Kier molecular flexibility index (Phi) is 11.6. The summed E-state index contributed by atoms with van der Waals surface area (Å²) in [5.41, 5.74) is 3.29. The molecule has 40 heavy (non-hydrogen) atoms. The molecule has 0 bridgehead atoms. The Morgan fingerprint density at radius 2 is 1.65 bits per heavy atom. The molecule has 3 aromatic carbocycles. The van der Waals surface area contributed by atoms with Gasteiger partial charge in [0.05, 0.1) is 11.9 Å². The van der Waals surface area contributed by atoms with Crippen molar-refractivity contribution in [3.05, 3.63) is 101 Å². The van der Waals surface area contributed by atoms with Crippen molar-refractivity contribution in [3.8, 4) is 0 Å². The van der Waals surface area contributed by atoms with E-state index in [1.807, 2.05) is 74.5 Å². The largest absolute Gasteiger partial charge is 0.354 e. The molecule has 0 saturated carbocycles. The second-order valence-corrected chi connectivity index (χ2v) is 12.3. The second kappa shape index (κ2) is 14.9. The molecule has 0 fully saturated rings. The topological polar surface area (TPSA) is 86.8 Å². The fourth-order valence-electron chi connectivity index (χ4n) is 4.49. The molecule has 0 spiro atoms. The van der Waals surface area contributed by atoms with Gasteiger partial charge in [0.15, 0.2) is 0 Å². The highest BCUT2D eigenvalue weighted by atomic mass is 35.5. The standard InChI is InChI=1S/C31H38ClN3O4S/c1-4-19-33-31(37)29(22-25-11-6-5-7-12-25)34(23-26-15-17-27(32)18-16-26)30(36)14-9-20-35(40(3,38)39)28-13-8-10-24(2)21-28/h5-8,10-13,15-18,21,29H,4,9,14,19-20,22-23H2,1-3H3,(H,33,37). The van der Waals surface area contributed by atoms with Crippen molar-refractivity contribution in [2.45, 2.75) is 52.1 Å². The summed E-state index contributed by atoms with van der Waals surface area (Å²) in [6.07, 6.45) is 2.67. The zero-order valence-electron chi connectivity index (χ0n) is 23.3. The van der Waals surface area contributed by atoms with E-state index in [2.05, 4.69) is 5.32 Å². The van der Waals surface area contributed by atoms with Gasteiger partial charge in [0.2, 0.25) is 21.8 Å². The molecule has 0 aliphatic heterocycles. The fourth-order valence-corrected chi connectivity index (χ4v) is 5.58. The van der Waals surface area contributed by atoms with Gasteiger partial charge in [-0.3, -0.25) is 13.9 Å². The monoisotopic (exact) mass is 583 g/mol. The molecule has 1 unspecified atom stereocenters. The first-order chi connectivity index (χ1) is 19.1. The van der Waals surface area contributed by atoms with Gasteiger partial charge in [0, 0.05) is 37.5 Å². The molecular weight excluding hydrogens is 546 g/mol. The predicted molar refractivity (Wildman–Crippen MR) is 162 cm³/mol. The van der Waals surface area contributed by atoms with Gasteiger partial charge in [-0.05, 0) is 60.7 Å². The van der Waals surface area contributed by atoms with Crippen molar-refractivity contribution in [2.75, 3.05) is 23.7 Å². The number of carbonyl (C=O) groups excluding carboxylic acids is 2. The van der Waals surface area contributed by atoms with Gasteiger partial charge in [-0.2, -0.15) is 0 Å². The van der Waals surface area contributed by atoms with Crippen LogP contribution in [0.4, 0.5) is 5.69 Å². The van der Waals surface area contributed by atoms with Crippen LogP contribution in [0.2, 0.25) is 5.02 Å². The minimum absolute atomic E-state index is 0.0811. The summed E-state index contributed by atoms with van der Waals surface area (Å²) in [7, 11) is -3.55. The number of sulfonamides is 1. The Hall–Kier alpha value is -3.36. The van der Waals surface area contributed by atoms with E-state index in [-0.39, 0.29) is 31.3 Å². The van der Waals surface area contributed by atoms with Crippen LogP contribution in [0.25, 0.3) is 0 Å². The number of benzene rings is 3. The van der Waals surface area contributed by atoms with Gasteiger partial charge in [-0.25, -0.2) is 8.42 Å². The molecule has 0 aliphatic carbocycles. The van der Waals surface area contributed by atoms with E-state index in [4.69, 9.17) is 11.6 Å². The van der Waals surface area contributed by atoms with Crippen molar-refractivity contribution in [3.63, 3.8) is 0 Å². The molecule has 3 aromatic rings. The maximum absolute atomic E-state index is 13.8. The minimum atomic E-state index is -3.55. The average molecular weight is 584 g/mol. The van der Waals surface area contributed by atoms with Gasteiger partial charge >= 0.3 is 0 Å². The van der Waals surface area contributed by atoms with Crippen LogP contribution < -0.4 is 9.62 Å². The molecule has 7 nitrogen and oxygen atoms in total. The minimum Gasteiger partial charge on any atom is -0.354 e. The SMILES string of the molecule is CCCNC(=O)C(Cc1ccccc1)N(Cc1ccc(Cl)cc1)C(=O)CCCN(c1cccc(C)c1)S(C)(=O)=O. The molecule has 0 aliphatic rings. The lowest BCUT2D eigenvalue weighted by Gasteiger charge is -2.32. The van der Waals surface area contributed by atoms with Crippen molar-refractivity contribution in [1.82, 2.24) is 10.2 Å². The summed E-state index contributed by atoms with van der Waals surface area (Å²) in [5, 5.41) is 3.55. The number of carbonyl (C=O) groups is 2. The zero-order valence-corrected chi connectivity index (χ0v) is 24.9. The van der Waals surface area contributed by atoms with Crippen LogP contribution in [0.3, 0.4) is 0 Å². The van der Waals surface area contributed by atoms with Crippen LogP contribution in [0.1, 0.15) is 42.9 Å². The summed E-state index contributed by atoms with van der Waals surface area (Å²) in [6, 6.07) is 23.3. The van der Waals surface area contributed by atoms with Crippen LogP contribution >= 0.6 is 11.6 Å². The first-order valence-electron chi connectivity index (χ1n) is 13.5. The summed E-state index contributed by atoms with van der Waals surface area (Å²) in [4.78, 5) is 28.8. The van der Waals surface area contributed by atoms with Crippen LogP contribution in [0.5, 0.6) is 0 Å². The first-order valence-corrected chi connectivity index (χ1v) is 15.7. The number of rotatable bonds is 14. The quantitative estimate of drug-likeness (QED) is 0.277. The Morgan fingerprint density at radius 3 is 2.27 bits per heavy atom. The Labute approximate surface area is 243 Å². The molecule has 2 amide bonds. The van der Waals surface area contributed by atoms with Gasteiger partial charge in [0.1, 0.15) is 6.04 Å². The molecule has 0 aromatic heterocycles. The molecule has 0 radical (unpaired) electrons. The number of amides is 2. The van der Waals surface area contributed by atoms with E-state index in [1.54, 1.807) is 23.1 Å². The van der Waals surface area contributed by atoms with Crippen LogP contribution in [-0.4, -0.2) is 50.5 Å². The number of aryl methyl sites for hydroxylation is 1. The first kappa shape index (κ1) is 31.2. The van der Waals surface area contributed by atoms with Gasteiger partial charge in [-0.1, -0.05) is 73.1 Å². The normalized spacial score (nSPS) is 12.0. The Balaban J connectivity index is 1.86. The highest BCUT2D eigenvalue weighted by Gasteiger charge is 2.30. The molecule has 1 atom stereocenters. The van der Waals surface area contributed by atoms with E-state index < -0.39 is 16.1 Å². The number of nitrogens with one attached hydrogen (secondary N) is 1. The lowest BCUT2D eigenvalue weighted by molar-refractivity contribution is -0.141. The average Bonchev–Trinajstić information content (AvgIpc) is 2.92. The maximum Gasteiger partial charge on any atom is 0.243 e. The molecule has 3 rings (SSSR count). The van der Waals surface area contributed by atoms with E-state index in [0.717, 1.165) is 29.4 Å². The highest BCUT2D eigenvalue weighted by Crippen LogP contribution is 2.21. The van der Waals surface area contributed by atoms with Crippen LogP contribution in [0.15, 0.2) is 78.9 Å². The third-order valence-corrected chi connectivity index (χ3v) is 7.97. The molecular formula is C31H38ClN3O4S. The smallest absolute Gasteiger partial charge is 0.243 e. The van der Waals surface area contributed by atoms with Gasteiger partial charge < -0.3 is 10.2 Å². The Morgan fingerprint density at radius 1 is 0.950 bits per heavy atom. The number of nitrogens with zero attached hydrogens (tertiary/aromatic N) is 2. The van der Waals surface area contributed by atoms with Gasteiger partial charge in [-0.15, -0.1) is 0 Å². The predicted octanol–water partition coefficient (Wildman–Crippen LogP) is 5.36. The van der Waals surface area contributed by atoms with Crippen LogP contribution in [-0.2, 0) is 32.6 Å². The van der Waals surface area contributed by atoms with E-state index in [9.17, 15) is 18.0 Å². The van der Waals surface area contributed by atoms with Crippen LogP contribution in [0, 0.1) is 6.92 Å². The number of hydrogen-bond donors (Lipinski definition) is 1. The third kappa shape index (κ3) is 9.38. The molecule has 0 heterocycles. The summed E-state index contributed by atoms with van der Waals surface area (Å²) in [6.45, 7) is 4.76. The van der Waals surface area contributed by atoms with E-state index >= 15 is 0 Å². The number of anilines is 1.